The summed E-state index contributed by atoms with van der Waals surface area (Å²) < 4.78 is 133. The summed E-state index contributed by atoms with van der Waals surface area (Å²) in [5.74, 6) is 1.57. The van der Waals surface area contributed by atoms with Gasteiger partial charge in [-0.15, -0.1) is 0 Å². The molecule has 0 saturated carbocycles. The molecule has 62 heavy (non-hydrogen) atoms. The fourth-order valence-electron chi connectivity index (χ4n) is 8.06. The predicted molar refractivity (Wildman–Crippen MR) is 220 cm³/mol. The number of para-hydroxylation sites is 2. The zero-order valence-corrected chi connectivity index (χ0v) is 36.1. The quantitative estimate of drug-likeness (QED) is 0.0653. The van der Waals surface area contributed by atoms with Crippen molar-refractivity contribution in [1.29, 1.82) is 0 Å². The summed E-state index contributed by atoms with van der Waals surface area (Å²) in [6.45, 7) is 5.93. The Morgan fingerprint density at radius 3 is 2.02 bits per heavy atom. The number of nitrogens with zero attached hydrogens (tertiary/aromatic N) is 4. The van der Waals surface area contributed by atoms with Gasteiger partial charge in [-0.05, 0) is 99.2 Å². The van der Waals surface area contributed by atoms with Crippen molar-refractivity contribution in [2.45, 2.75) is 70.5 Å². The predicted octanol–water partition coefficient (Wildman–Crippen LogP) is 7.57. The van der Waals surface area contributed by atoms with Crippen LogP contribution in [-0.2, 0) is 51.5 Å². The first kappa shape index (κ1) is 48.2. The molecule has 1 unspecified atom stereocenters. The van der Waals surface area contributed by atoms with E-state index >= 15 is 0 Å². The molecule has 1 amide bonds. The van der Waals surface area contributed by atoms with E-state index in [-0.39, 0.29) is 55.9 Å². The van der Waals surface area contributed by atoms with Gasteiger partial charge in [0.1, 0.15) is 0 Å². The van der Waals surface area contributed by atoms with E-state index in [4.69, 9.17) is 28.5 Å². The number of imidazole rings is 1. The Labute approximate surface area is 357 Å². The summed E-state index contributed by atoms with van der Waals surface area (Å²) in [4.78, 5) is 23.2. The Morgan fingerprint density at radius 2 is 1.47 bits per heavy atom. The van der Waals surface area contributed by atoms with E-state index < -0.39 is 39.0 Å². The minimum absolute atomic E-state index is 0.117. The molecule has 2 N–H and O–H groups in total. The summed E-state index contributed by atoms with van der Waals surface area (Å²) >= 11 is 0. The van der Waals surface area contributed by atoms with Crippen molar-refractivity contribution in [2.75, 3.05) is 72.3 Å². The monoisotopic (exact) mass is 901 g/mol. The van der Waals surface area contributed by atoms with Crippen LogP contribution in [0.1, 0.15) is 54.9 Å². The van der Waals surface area contributed by atoms with Crippen LogP contribution in [0.15, 0.2) is 54.6 Å². The minimum Gasteiger partial charge on any atom is -0.493 e. The van der Waals surface area contributed by atoms with Crippen molar-refractivity contribution in [1.82, 2.24) is 19.4 Å². The summed E-state index contributed by atoms with van der Waals surface area (Å²) in [6.07, 6.45) is -7.53. The number of hydrogen-bond donors (Lipinski definition) is 2. The molecule has 2 aliphatic heterocycles. The largest absolute Gasteiger partial charge is 0.493 e. The fourth-order valence-corrected chi connectivity index (χ4v) is 8.06. The second-order valence-electron chi connectivity index (χ2n) is 15.4. The summed E-state index contributed by atoms with van der Waals surface area (Å²) in [5, 5.41) is 3.62. The lowest BCUT2D eigenvalue weighted by molar-refractivity contribution is -0.143. The number of halogens is 6. The van der Waals surface area contributed by atoms with E-state index in [1.54, 1.807) is 17.0 Å². The van der Waals surface area contributed by atoms with Crippen molar-refractivity contribution < 1.29 is 63.1 Å². The van der Waals surface area contributed by atoms with E-state index in [9.17, 15) is 39.6 Å². The SMILES string of the molecule is CCOCCn1c(NC2CCN(CCC3(Cc4cc(C(F)(F)F)cc(C(F)(F)F)c4)CCN(Cc4cc(OC)c(OC)c(OC)c4)C3=O)CC2)nc2ccccc21.CS(=O)(=O)O. The number of hydrogen-bond acceptors (Lipinski definition) is 10. The van der Waals surface area contributed by atoms with Crippen LogP contribution < -0.4 is 19.5 Å². The van der Waals surface area contributed by atoms with Gasteiger partial charge < -0.3 is 38.6 Å². The molecule has 6 rings (SSSR count). The van der Waals surface area contributed by atoms with Crippen LogP contribution >= 0.6 is 0 Å². The minimum atomic E-state index is -5.01. The van der Waals surface area contributed by atoms with Crippen LogP contribution in [-0.4, -0.2) is 111 Å². The number of amides is 1. The van der Waals surface area contributed by atoms with Gasteiger partial charge in [0.25, 0.3) is 10.1 Å². The first-order valence-electron chi connectivity index (χ1n) is 20.0. The number of carbonyl (C=O) groups excluding carboxylic acids is 1. The highest BCUT2D eigenvalue weighted by Crippen LogP contribution is 2.44. The molecule has 2 aliphatic rings. The molecule has 342 valence electrons. The summed E-state index contributed by atoms with van der Waals surface area (Å²) in [5.41, 5.74) is -1.68. The van der Waals surface area contributed by atoms with Crippen LogP contribution in [0, 0.1) is 5.41 Å². The van der Waals surface area contributed by atoms with E-state index in [0.29, 0.717) is 68.5 Å². The molecule has 1 aromatic heterocycles. The highest BCUT2D eigenvalue weighted by atomic mass is 32.2. The Kier molecular flexibility index (Phi) is 15.7. The second kappa shape index (κ2) is 20.2. The molecular formula is C42H53F6N5O8S. The van der Waals surface area contributed by atoms with Gasteiger partial charge >= 0.3 is 12.4 Å². The molecule has 13 nitrogen and oxygen atoms in total. The number of ether oxygens (including phenoxy) is 4. The molecule has 0 radical (unpaired) electrons. The van der Waals surface area contributed by atoms with E-state index in [1.807, 2.05) is 31.2 Å². The van der Waals surface area contributed by atoms with E-state index in [0.717, 1.165) is 42.0 Å². The Hall–Kier alpha value is -4.79. The van der Waals surface area contributed by atoms with Gasteiger partial charge in [0.15, 0.2) is 11.5 Å². The van der Waals surface area contributed by atoms with Crippen molar-refractivity contribution >= 4 is 33.0 Å². The van der Waals surface area contributed by atoms with Gasteiger partial charge in [-0.2, -0.15) is 34.8 Å². The number of rotatable bonds is 16. The first-order chi connectivity index (χ1) is 29.2. The van der Waals surface area contributed by atoms with Gasteiger partial charge in [-0.3, -0.25) is 9.35 Å². The smallest absolute Gasteiger partial charge is 0.416 e. The third-order valence-electron chi connectivity index (χ3n) is 11.0. The molecule has 0 bridgehead atoms. The van der Waals surface area contributed by atoms with Crippen molar-refractivity contribution in [2.24, 2.45) is 5.41 Å². The van der Waals surface area contributed by atoms with E-state index in [1.165, 1.54) is 21.3 Å². The molecule has 0 spiro atoms. The lowest BCUT2D eigenvalue weighted by Gasteiger charge is -2.36. The highest BCUT2D eigenvalue weighted by Gasteiger charge is 2.47. The number of nitrogens with one attached hydrogen (secondary N) is 1. The van der Waals surface area contributed by atoms with Gasteiger partial charge in [0.2, 0.25) is 17.6 Å². The summed E-state index contributed by atoms with van der Waals surface area (Å²) in [7, 11) is 0.742. The van der Waals surface area contributed by atoms with Crippen LogP contribution in [0.4, 0.5) is 32.3 Å². The lowest BCUT2D eigenvalue weighted by atomic mass is 9.76. The number of anilines is 1. The first-order valence-corrected chi connectivity index (χ1v) is 21.8. The Morgan fingerprint density at radius 1 is 0.871 bits per heavy atom. The average molecular weight is 902 g/mol. The standard InChI is InChI=1S/C41H49F6N5O5.CH4O3S/c1-5-57-19-18-52-33-9-7-6-8-32(33)49-38(52)48-31-10-14-50(15-11-31)16-12-39(25-27-20-29(40(42,43)44)24-30(21-27)41(45,46)47)13-17-51(37(39)53)26-28-22-34(54-2)36(56-4)35(23-28)55-3;1-5(2,3)4/h6-9,20-24,31H,5,10-19,25-26H2,1-4H3,(H,48,49);1H3,(H,2,3,4). The zero-order valence-electron chi connectivity index (χ0n) is 35.2. The van der Waals surface area contributed by atoms with E-state index in [2.05, 4.69) is 14.8 Å². The maximum Gasteiger partial charge on any atom is 0.416 e. The lowest BCUT2D eigenvalue weighted by Crippen LogP contribution is -2.43. The molecule has 2 saturated heterocycles. The highest BCUT2D eigenvalue weighted by molar-refractivity contribution is 7.85. The van der Waals surface area contributed by atoms with Crippen molar-refractivity contribution in [3.05, 3.63) is 76.9 Å². The van der Waals surface area contributed by atoms with Crippen LogP contribution in [0.5, 0.6) is 17.2 Å². The number of piperidine rings is 1. The van der Waals surface area contributed by atoms with Crippen LogP contribution in [0.2, 0.25) is 0 Å². The number of likely N-dealkylation sites (tertiary alicyclic amines) is 2. The number of methoxy groups -OCH3 is 3. The number of fused-ring (bicyclic) bond motifs is 1. The normalized spacial score (nSPS) is 17.9. The molecular weight excluding hydrogens is 849 g/mol. The number of carbonyl (C=O) groups is 1. The number of aromatic nitrogens is 2. The fraction of sp³-hybridized carbons (Fsp3) is 0.524. The second-order valence-corrected chi connectivity index (χ2v) is 16.9. The van der Waals surface area contributed by atoms with Gasteiger partial charge in [-0.25, -0.2) is 4.98 Å². The van der Waals surface area contributed by atoms with Crippen molar-refractivity contribution in [3.8, 4) is 17.2 Å². The third kappa shape index (κ3) is 12.4. The maximum atomic E-state index is 14.5. The van der Waals surface area contributed by atoms with Crippen molar-refractivity contribution in [3.63, 3.8) is 0 Å². The molecule has 4 aromatic rings. The topological polar surface area (TPSA) is 145 Å². The average Bonchev–Trinajstić information content (AvgIpc) is 3.71. The van der Waals surface area contributed by atoms with Gasteiger partial charge in [0.05, 0.1) is 61.8 Å². The molecule has 2 fully saturated rings. The maximum absolute atomic E-state index is 14.5. The Balaban J connectivity index is 0.00000137. The Bertz CT molecular complexity index is 2200. The zero-order chi connectivity index (χ0) is 45.5. The van der Waals surface area contributed by atoms with Crippen LogP contribution in [0.3, 0.4) is 0 Å². The number of alkyl halides is 6. The number of benzene rings is 3. The molecule has 0 aliphatic carbocycles. The summed E-state index contributed by atoms with van der Waals surface area (Å²) in [6, 6.07) is 13.1. The molecule has 3 heterocycles. The van der Waals surface area contributed by atoms with Crippen LogP contribution in [0.25, 0.3) is 11.0 Å². The molecule has 3 aromatic carbocycles. The molecule has 20 heteroatoms. The van der Waals surface area contributed by atoms with Gasteiger partial charge in [-0.1, -0.05) is 12.1 Å². The molecule has 1 atom stereocenters. The van der Waals surface area contributed by atoms with Gasteiger partial charge in [0, 0.05) is 45.4 Å². The third-order valence-corrected chi connectivity index (χ3v) is 11.0.